The molecule has 26 heavy (non-hydrogen) atoms. The van der Waals surface area contributed by atoms with E-state index in [0.717, 1.165) is 11.0 Å². The van der Waals surface area contributed by atoms with Crippen molar-refractivity contribution in [3.63, 3.8) is 0 Å². The number of carbonyl (C=O) groups is 1. The van der Waals surface area contributed by atoms with Crippen LogP contribution in [0.1, 0.15) is 36.4 Å². The van der Waals surface area contributed by atoms with Gasteiger partial charge in [0.2, 0.25) is 5.91 Å². The summed E-state index contributed by atoms with van der Waals surface area (Å²) < 4.78 is 5.78. The van der Waals surface area contributed by atoms with Gasteiger partial charge in [0.15, 0.2) is 5.16 Å². The summed E-state index contributed by atoms with van der Waals surface area (Å²) in [7, 11) is 0. The van der Waals surface area contributed by atoms with E-state index in [1.807, 2.05) is 43.5 Å². The molecule has 2 N–H and O–H groups in total. The largest absolute Gasteiger partial charge is 0.459 e. The molecule has 1 unspecified atom stereocenters. The minimum absolute atomic E-state index is 0.134. The highest BCUT2D eigenvalue weighted by Gasteiger charge is 2.15. The molecule has 0 bridgehead atoms. The average molecular weight is 371 g/mol. The fourth-order valence-electron chi connectivity index (χ4n) is 2.81. The normalized spacial score (nSPS) is 12.3. The molecule has 7 heteroatoms. The summed E-state index contributed by atoms with van der Waals surface area (Å²) >= 11 is 1.38. The van der Waals surface area contributed by atoms with E-state index in [1.165, 1.54) is 11.8 Å². The number of para-hydroxylation sites is 1. The van der Waals surface area contributed by atoms with Gasteiger partial charge in [-0.1, -0.05) is 30.0 Å². The minimum Gasteiger partial charge on any atom is -0.459 e. The van der Waals surface area contributed by atoms with Crippen molar-refractivity contribution in [3.8, 4) is 0 Å². The Kier molecular flexibility index (Phi) is 5.46. The van der Waals surface area contributed by atoms with Gasteiger partial charge < -0.3 is 14.7 Å². The van der Waals surface area contributed by atoms with Crippen LogP contribution in [0.3, 0.4) is 0 Å². The number of benzene rings is 1. The van der Waals surface area contributed by atoms with Crippen LogP contribution in [0.4, 0.5) is 0 Å². The molecule has 0 aliphatic carbocycles. The number of carbonyl (C=O) groups excluding carboxylic acids is 1. The van der Waals surface area contributed by atoms with E-state index in [4.69, 9.17) is 4.42 Å². The third-order valence-electron chi connectivity index (χ3n) is 4.24. The quantitative estimate of drug-likeness (QED) is 0.512. The topological polar surface area (TPSA) is 88.0 Å². The molecule has 2 aromatic heterocycles. The number of amides is 1. The Labute approximate surface area is 155 Å². The van der Waals surface area contributed by atoms with Gasteiger partial charge in [-0.05, 0) is 38.7 Å². The number of thioether (sulfide) groups is 1. The van der Waals surface area contributed by atoms with E-state index in [0.29, 0.717) is 28.6 Å². The molecule has 6 nitrogen and oxygen atoms in total. The van der Waals surface area contributed by atoms with Crippen molar-refractivity contribution in [2.75, 3.05) is 6.26 Å². The second kappa shape index (κ2) is 7.78. The van der Waals surface area contributed by atoms with Gasteiger partial charge >= 0.3 is 0 Å². The molecule has 0 radical (unpaired) electrons. The third kappa shape index (κ3) is 3.99. The third-order valence-corrected chi connectivity index (χ3v) is 4.82. The lowest BCUT2D eigenvalue weighted by molar-refractivity contribution is -0.121. The summed E-state index contributed by atoms with van der Waals surface area (Å²) in [6.45, 7) is 3.67. The number of furan rings is 1. The Bertz CT molecular complexity index is 960. The molecule has 0 aliphatic rings. The monoisotopic (exact) mass is 371 g/mol. The summed E-state index contributed by atoms with van der Waals surface area (Å²) in [5.41, 5.74) is 1.83. The number of aromatic nitrogens is 2. The highest BCUT2D eigenvalue weighted by Crippen LogP contribution is 2.23. The minimum atomic E-state index is -0.244. The summed E-state index contributed by atoms with van der Waals surface area (Å²) in [5.74, 6) is 0.574. The van der Waals surface area contributed by atoms with Gasteiger partial charge in [-0.3, -0.25) is 9.59 Å². The van der Waals surface area contributed by atoms with Crippen molar-refractivity contribution in [1.82, 2.24) is 15.3 Å². The van der Waals surface area contributed by atoms with Gasteiger partial charge in [-0.2, -0.15) is 0 Å². The number of hydrogen-bond donors (Lipinski definition) is 2. The van der Waals surface area contributed by atoms with Crippen LogP contribution in [-0.2, 0) is 11.2 Å². The van der Waals surface area contributed by atoms with Crippen molar-refractivity contribution in [1.29, 1.82) is 0 Å². The zero-order valence-corrected chi connectivity index (χ0v) is 15.8. The van der Waals surface area contributed by atoms with Crippen LogP contribution in [-0.4, -0.2) is 22.1 Å². The molecule has 1 aromatic carbocycles. The van der Waals surface area contributed by atoms with Gasteiger partial charge in [0.05, 0.1) is 6.04 Å². The standard InChI is InChI=1S/C19H21N3O3S/c1-11-14(18(24)22-19(21-11)26-3)8-9-17(23)20-12(2)16-10-13-6-4-5-7-15(13)25-16/h4-7,10,12H,8-9H2,1-3H3,(H,20,23)(H,21,22,24). The van der Waals surface area contributed by atoms with E-state index in [-0.39, 0.29) is 23.9 Å². The first kappa shape index (κ1) is 18.3. The van der Waals surface area contributed by atoms with Crippen molar-refractivity contribution in [3.05, 3.63) is 57.7 Å². The van der Waals surface area contributed by atoms with Gasteiger partial charge in [0, 0.05) is 23.1 Å². The van der Waals surface area contributed by atoms with Gasteiger partial charge in [-0.25, -0.2) is 4.98 Å². The molecular formula is C19H21N3O3S. The SMILES string of the molecule is CSc1nc(C)c(CCC(=O)NC(C)c2cc3ccccc3o2)c(=O)[nH]1. The number of aryl methyl sites for hydroxylation is 1. The number of hydrogen-bond acceptors (Lipinski definition) is 5. The Morgan fingerprint density at radius 2 is 2.15 bits per heavy atom. The maximum atomic E-state index is 12.3. The number of fused-ring (bicyclic) bond motifs is 1. The maximum absolute atomic E-state index is 12.3. The lowest BCUT2D eigenvalue weighted by Crippen LogP contribution is -2.27. The summed E-state index contributed by atoms with van der Waals surface area (Å²) in [4.78, 5) is 31.4. The van der Waals surface area contributed by atoms with Crippen LogP contribution >= 0.6 is 11.8 Å². The van der Waals surface area contributed by atoms with E-state index in [1.54, 1.807) is 6.92 Å². The van der Waals surface area contributed by atoms with Crippen molar-refractivity contribution < 1.29 is 9.21 Å². The van der Waals surface area contributed by atoms with Gasteiger partial charge in [0.25, 0.3) is 5.56 Å². The molecule has 0 saturated heterocycles. The molecule has 3 rings (SSSR count). The molecule has 3 aromatic rings. The van der Waals surface area contributed by atoms with Gasteiger partial charge in [0.1, 0.15) is 11.3 Å². The van der Waals surface area contributed by atoms with E-state index < -0.39 is 0 Å². The number of rotatable bonds is 6. The van der Waals surface area contributed by atoms with Gasteiger partial charge in [-0.15, -0.1) is 0 Å². The van der Waals surface area contributed by atoms with Crippen LogP contribution in [0.15, 0.2) is 44.7 Å². The first-order valence-corrected chi connectivity index (χ1v) is 9.62. The number of nitrogens with zero attached hydrogens (tertiary/aromatic N) is 1. The molecule has 0 spiro atoms. The van der Waals surface area contributed by atoms with Crippen molar-refractivity contribution >= 4 is 28.6 Å². The summed E-state index contributed by atoms with van der Waals surface area (Å²) in [6.07, 6.45) is 2.42. The molecule has 0 saturated carbocycles. The number of H-pyrrole nitrogens is 1. The van der Waals surface area contributed by atoms with Crippen LogP contribution in [0.25, 0.3) is 11.0 Å². The second-order valence-corrected chi connectivity index (χ2v) is 6.91. The Morgan fingerprint density at radius 1 is 1.38 bits per heavy atom. The zero-order chi connectivity index (χ0) is 18.7. The first-order chi connectivity index (χ1) is 12.5. The van der Waals surface area contributed by atoms with Crippen LogP contribution < -0.4 is 10.9 Å². The highest BCUT2D eigenvalue weighted by atomic mass is 32.2. The summed E-state index contributed by atoms with van der Waals surface area (Å²) in [6, 6.07) is 9.41. The molecule has 1 atom stereocenters. The Hall–Kier alpha value is -2.54. The maximum Gasteiger partial charge on any atom is 0.254 e. The molecule has 2 heterocycles. The molecule has 136 valence electrons. The van der Waals surface area contributed by atoms with E-state index in [2.05, 4.69) is 15.3 Å². The molecular weight excluding hydrogens is 350 g/mol. The fraction of sp³-hybridized carbons (Fsp3) is 0.316. The average Bonchev–Trinajstić information content (AvgIpc) is 3.05. The molecule has 1 amide bonds. The Balaban J connectivity index is 1.63. The smallest absolute Gasteiger partial charge is 0.254 e. The second-order valence-electron chi connectivity index (χ2n) is 6.11. The zero-order valence-electron chi connectivity index (χ0n) is 15.0. The first-order valence-electron chi connectivity index (χ1n) is 8.39. The summed E-state index contributed by atoms with van der Waals surface area (Å²) in [5, 5.41) is 4.51. The van der Waals surface area contributed by atoms with E-state index in [9.17, 15) is 9.59 Å². The number of aromatic amines is 1. The van der Waals surface area contributed by atoms with Crippen molar-refractivity contribution in [2.45, 2.75) is 37.9 Å². The lowest BCUT2D eigenvalue weighted by atomic mass is 10.1. The lowest BCUT2D eigenvalue weighted by Gasteiger charge is -2.11. The number of nitrogens with one attached hydrogen (secondary N) is 2. The Morgan fingerprint density at radius 3 is 2.85 bits per heavy atom. The predicted octanol–water partition coefficient (Wildman–Crippen LogP) is 3.36. The van der Waals surface area contributed by atoms with Crippen LogP contribution in [0, 0.1) is 6.92 Å². The van der Waals surface area contributed by atoms with Crippen LogP contribution in [0.2, 0.25) is 0 Å². The molecule has 0 fully saturated rings. The fourth-order valence-corrected chi connectivity index (χ4v) is 3.24. The van der Waals surface area contributed by atoms with E-state index >= 15 is 0 Å². The van der Waals surface area contributed by atoms with Crippen LogP contribution in [0.5, 0.6) is 0 Å². The van der Waals surface area contributed by atoms with Crippen molar-refractivity contribution in [2.24, 2.45) is 0 Å². The predicted molar refractivity (Wildman–Crippen MR) is 102 cm³/mol. The highest BCUT2D eigenvalue weighted by molar-refractivity contribution is 7.98. The molecule has 0 aliphatic heterocycles.